The van der Waals surface area contributed by atoms with E-state index in [1.807, 2.05) is 27.7 Å². The van der Waals surface area contributed by atoms with Crippen LogP contribution in [0.2, 0.25) is 0 Å². The fourth-order valence-electron chi connectivity index (χ4n) is 5.16. The molecule has 0 spiro atoms. The molecule has 9 nitrogen and oxygen atoms in total. The molecule has 1 aromatic carbocycles. The predicted octanol–water partition coefficient (Wildman–Crippen LogP) is 2.00. The zero-order valence-corrected chi connectivity index (χ0v) is 21.8. The maximum Gasteiger partial charge on any atom is 0.264 e. The summed E-state index contributed by atoms with van der Waals surface area (Å²) in [7, 11) is 0. The standard InChI is InChI=1S/C27H40N4O5/c1-17(2)14-30-21-11-7-8-12-22(21)31(15-18(3)4)26(36)27(28,25(30)35)24(34)20(16-32)29-23(33)13-19-9-5-6-10-19/h7-8,11-12,17-20,32H,5-6,9-10,13-16,28H2,1-4H3,(H,29,33)/t20-/m0/s1. The highest BCUT2D eigenvalue weighted by Crippen LogP contribution is 2.37. The van der Waals surface area contributed by atoms with Crippen LogP contribution in [0.4, 0.5) is 11.4 Å². The predicted molar refractivity (Wildman–Crippen MR) is 138 cm³/mol. The Morgan fingerprint density at radius 1 is 1.00 bits per heavy atom. The number of anilines is 2. The highest BCUT2D eigenvalue weighted by molar-refractivity contribution is 6.37. The molecule has 1 aliphatic carbocycles. The number of fused-ring (bicyclic) bond motifs is 1. The van der Waals surface area contributed by atoms with Crippen molar-refractivity contribution >= 4 is 34.9 Å². The number of carbonyl (C=O) groups excluding carboxylic acids is 4. The third-order valence-corrected chi connectivity index (χ3v) is 6.90. The van der Waals surface area contributed by atoms with E-state index in [1.54, 1.807) is 24.3 Å². The first-order valence-electron chi connectivity index (χ1n) is 13.0. The zero-order valence-electron chi connectivity index (χ0n) is 21.8. The molecule has 2 aliphatic rings. The largest absolute Gasteiger partial charge is 0.394 e. The Kier molecular flexibility index (Phi) is 8.89. The molecule has 0 aromatic heterocycles. The van der Waals surface area contributed by atoms with Gasteiger partial charge in [0.2, 0.25) is 11.4 Å². The first-order valence-corrected chi connectivity index (χ1v) is 13.0. The number of nitrogens with zero attached hydrogens (tertiary/aromatic N) is 2. The maximum absolute atomic E-state index is 14.0. The van der Waals surface area contributed by atoms with Crippen LogP contribution in [0.15, 0.2) is 24.3 Å². The molecule has 0 radical (unpaired) electrons. The Morgan fingerprint density at radius 3 is 1.89 bits per heavy atom. The summed E-state index contributed by atoms with van der Waals surface area (Å²) in [5, 5.41) is 12.6. The van der Waals surface area contributed by atoms with Crippen molar-refractivity contribution in [2.75, 3.05) is 29.5 Å². The van der Waals surface area contributed by atoms with E-state index in [4.69, 9.17) is 5.73 Å². The van der Waals surface area contributed by atoms with Gasteiger partial charge in [-0.2, -0.15) is 0 Å². The molecule has 1 aliphatic heterocycles. The first kappa shape index (κ1) is 27.8. The highest BCUT2D eigenvalue weighted by atomic mass is 16.3. The van der Waals surface area contributed by atoms with E-state index in [-0.39, 0.29) is 37.3 Å². The topological polar surface area (TPSA) is 133 Å². The Hall–Kier alpha value is -2.78. The molecule has 1 saturated carbocycles. The van der Waals surface area contributed by atoms with Crippen LogP contribution in [0.25, 0.3) is 0 Å². The minimum Gasteiger partial charge on any atom is -0.394 e. The molecule has 1 heterocycles. The van der Waals surface area contributed by atoms with E-state index in [2.05, 4.69) is 5.32 Å². The average molecular weight is 501 g/mol. The molecule has 1 aromatic rings. The second kappa shape index (κ2) is 11.5. The number of carbonyl (C=O) groups is 4. The summed E-state index contributed by atoms with van der Waals surface area (Å²) in [5.41, 5.74) is 4.92. The molecular weight excluding hydrogens is 460 g/mol. The molecule has 0 saturated heterocycles. The molecular formula is C27H40N4O5. The Morgan fingerprint density at radius 2 is 1.47 bits per heavy atom. The number of ketones is 1. The van der Waals surface area contributed by atoms with Crippen LogP contribution in [0.1, 0.15) is 59.8 Å². The maximum atomic E-state index is 14.0. The third-order valence-electron chi connectivity index (χ3n) is 6.90. The van der Waals surface area contributed by atoms with E-state index >= 15 is 0 Å². The van der Waals surface area contributed by atoms with Gasteiger partial charge in [0.05, 0.1) is 18.0 Å². The molecule has 3 amide bonds. The van der Waals surface area contributed by atoms with Gasteiger partial charge < -0.3 is 26.0 Å². The van der Waals surface area contributed by atoms with Gasteiger partial charge in [0, 0.05) is 19.5 Å². The molecule has 9 heteroatoms. The summed E-state index contributed by atoms with van der Waals surface area (Å²) < 4.78 is 0. The van der Waals surface area contributed by atoms with Crippen molar-refractivity contribution in [1.29, 1.82) is 0 Å². The van der Waals surface area contributed by atoms with Crippen LogP contribution in [0.3, 0.4) is 0 Å². The van der Waals surface area contributed by atoms with Crippen LogP contribution in [0.5, 0.6) is 0 Å². The fourth-order valence-corrected chi connectivity index (χ4v) is 5.16. The van der Waals surface area contributed by atoms with Crippen LogP contribution in [-0.2, 0) is 19.2 Å². The number of hydrogen-bond donors (Lipinski definition) is 3. The number of Topliss-reactive ketones (excluding diaryl/α,β-unsaturated/α-hetero) is 1. The lowest BCUT2D eigenvalue weighted by atomic mass is 9.86. The van der Waals surface area contributed by atoms with Crippen molar-refractivity contribution in [3.05, 3.63) is 24.3 Å². The van der Waals surface area contributed by atoms with Crippen LogP contribution < -0.4 is 20.9 Å². The summed E-state index contributed by atoms with van der Waals surface area (Å²) in [5.74, 6) is -2.84. The number of aliphatic hydroxyl groups is 1. The van der Waals surface area contributed by atoms with Gasteiger partial charge in [-0.1, -0.05) is 52.7 Å². The van der Waals surface area contributed by atoms with E-state index in [9.17, 15) is 24.3 Å². The summed E-state index contributed by atoms with van der Waals surface area (Å²) >= 11 is 0. The number of aliphatic hydroxyl groups excluding tert-OH is 1. The number of rotatable bonds is 10. The number of nitrogens with two attached hydrogens (primary N) is 1. The smallest absolute Gasteiger partial charge is 0.264 e. The Bertz CT molecular complexity index is 937. The minimum atomic E-state index is -2.60. The third kappa shape index (κ3) is 5.62. The van der Waals surface area contributed by atoms with Gasteiger partial charge in [-0.25, -0.2) is 0 Å². The lowest BCUT2D eigenvalue weighted by Crippen LogP contribution is -2.72. The van der Waals surface area contributed by atoms with Crippen molar-refractivity contribution in [3.8, 4) is 0 Å². The van der Waals surface area contributed by atoms with Crippen molar-refractivity contribution in [2.45, 2.75) is 71.4 Å². The van der Waals surface area contributed by atoms with Crippen LogP contribution >= 0.6 is 0 Å². The Balaban J connectivity index is 2.02. The average Bonchev–Trinajstić information content (AvgIpc) is 3.33. The van der Waals surface area contributed by atoms with Gasteiger partial charge in [-0.15, -0.1) is 0 Å². The van der Waals surface area contributed by atoms with E-state index < -0.39 is 41.7 Å². The van der Waals surface area contributed by atoms with Gasteiger partial charge >= 0.3 is 0 Å². The first-order chi connectivity index (χ1) is 17.0. The fraction of sp³-hybridized carbons (Fsp3) is 0.630. The summed E-state index contributed by atoms with van der Waals surface area (Å²) in [6.45, 7) is 7.41. The lowest BCUT2D eigenvalue weighted by molar-refractivity contribution is -0.144. The van der Waals surface area contributed by atoms with Gasteiger partial charge in [0.25, 0.3) is 11.8 Å². The molecule has 0 unspecified atom stereocenters. The lowest BCUT2D eigenvalue weighted by Gasteiger charge is -2.33. The second-order valence-corrected chi connectivity index (χ2v) is 10.9. The van der Waals surface area contributed by atoms with Crippen LogP contribution in [-0.4, -0.2) is 59.9 Å². The number of para-hydroxylation sites is 2. The number of hydrogen-bond acceptors (Lipinski definition) is 6. The molecule has 4 N–H and O–H groups in total. The molecule has 3 rings (SSSR count). The van der Waals surface area contributed by atoms with E-state index in [0.29, 0.717) is 11.4 Å². The zero-order chi connectivity index (χ0) is 26.6. The summed E-state index contributed by atoms with van der Waals surface area (Å²) in [6.07, 6.45) is 4.24. The van der Waals surface area contributed by atoms with Crippen LogP contribution in [0, 0.1) is 17.8 Å². The van der Waals surface area contributed by atoms with Gasteiger partial charge in [0.1, 0.15) is 6.04 Å². The van der Waals surface area contributed by atoms with Crippen molar-refractivity contribution in [1.82, 2.24) is 5.32 Å². The second-order valence-electron chi connectivity index (χ2n) is 10.9. The quantitative estimate of drug-likeness (QED) is 0.421. The van der Waals surface area contributed by atoms with E-state index in [0.717, 1.165) is 25.7 Å². The highest BCUT2D eigenvalue weighted by Gasteiger charge is 2.57. The molecule has 1 fully saturated rings. The summed E-state index contributed by atoms with van der Waals surface area (Å²) in [6, 6.07) is 5.53. The summed E-state index contributed by atoms with van der Waals surface area (Å²) in [4.78, 5) is 57.2. The van der Waals surface area contributed by atoms with E-state index in [1.165, 1.54) is 9.80 Å². The number of benzene rings is 1. The molecule has 36 heavy (non-hydrogen) atoms. The molecule has 198 valence electrons. The van der Waals surface area contributed by atoms with Crippen molar-refractivity contribution in [3.63, 3.8) is 0 Å². The van der Waals surface area contributed by atoms with Gasteiger partial charge in [0.15, 0.2) is 5.78 Å². The SMILES string of the molecule is CC(C)CN1C(=O)C(N)(C(=O)[C@H](CO)NC(=O)CC2CCCC2)C(=O)N(CC(C)C)c2ccccc21. The number of amides is 3. The Labute approximate surface area is 213 Å². The number of nitrogens with one attached hydrogen (secondary N) is 1. The molecule has 1 atom stereocenters. The molecule has 0 bridgehead atoms. The van der Waals surface area contributed by atoms with Crippen molar-refractivity contribution < 1.29 is 24.3 Å². The van der Waals surface area contributed by atoms with Crippen molar-refractivity contribution in [2.24, 2.45) is 23.5 Å². The van der Waals surface area contributed by atoms with Gasteiger partial charge in [-0.05, 0) is 42.7 Å². The minimum absolute atomic E-state index is 0.0212. The van der Waals surface area contributed by atoms with Gasteiger partial charge in [-0.3, -0.25) is 19.2 Å². The monoisotopic (exact) mass is 500 g/mol. The normalized spacial score (nSPS) is 19.0.